The minimum absolute atomic E-state index is 0.812. The molecule has 0 bridgehead atoms. The summed E-state index contributed by atoms with van der Waals surface area (Å²) in [5.74, 6) is 0.812. The van der Waals surface area contributed by atoms with Gasteiger partial charge in [-0.2, -0.15) is 0 Å². The van der Waals surface area contributed by atoms with Crippen molar-refractivity contribution < 1.29 is 0 Å². The highest BCUT2D eigenvalue weighted by atomic mass is 79.9. The number of aromatic nitrogens is 3. The van der Waals surface area contributed by atoms with Crippen LogP contribution in [-0.4, -0.2) is 15.0 Å². The Morgan fingerprint density at radius 2 is 2.00 bits per heavy atom. The molecule has 0 atom stereocenters. The van der Waals surface area contributed by atoms with Crippen LogP contribution in [0.5, 0.6) is 0 Å². The second-order valence-electron chi connectivity index (χ2n) is 3.79. The van der Waals surface area contributed by atoms with Gasteiger partial charge < -0.3 is 4.98 Å². The van der Waals surface area contributed by atoms with E-state index in [1.54, 1.807) is 0 Å². The number of nitrogens with one attached hydrogen (secondary N) is 1. The zero-order valence-electron chi connectivity index (χ0n) is 9.02. The molecule has 4 heteroatoms. The summed E-state index contributed by atoms with van der Waals surface area (Å²) in [6.07, 6.45) is 1.86. The van der Waals surface area contributed by atoms with E-state index in [1.807, 2.05) is 42.6 Å². The number of hydrogen-bond acceptors (Lipinski definition) is 2. The maximum Gasteiger partial charge on any atom is 0.157 e. The summed E-state index contributed by atoms with van der Waals surface area (Å²) >= 11 is 3.40. The summed E-state index contributed by atoms with van der Waals surface area (Å²) in [6, 6.07) is 12.0. The Morgan fingerprint density at radius 3 is 2.71 bits per heavy atom. The lowest BCUT2D eigenvalue weighted by atomic mass is 10.3. The van der Waals surface area contributed by atoms with Crippen LogP contribution in [0, 0.1) is 0 Å². The molecule has 0 aliphatic heterocycles. The van der Waals surface area contributed by atoms with E-state index in [9.17, 15) is 0 Å². The number of aromatic amines is 1. The van der Waals surface area contributed by atoms with Crippen LogP contribution in [0.15, 0.2) is 42.6 Å². The number of halogens is 1. The molecule has 1 N–H and O–H groups in total. The van der Waals surface area contributed by atoms with E-state index in [0.29, 0.717) is 0 Å². The first-order chi connectivity index (χ1) is 8.36. The predicted molar refractivity (Wildman–Crippen MR) is 72.0 cm³/mol. The van der Waals surface area contributed by atoms with Gasteiger partial charge in [-0.25, -0.2) is 4.98 Å². The predicted octanol–water partition coefficient (Wildman–Crippen LogP) is 3.52. The van der Waals surface area contributed by atoms with Gasteiger partial charge in [0.2, 0.25) is 0 Å². The number of nitrogens with zero attached hydrogens (tertiary/aromatic N) is 2. The normalized spacial score (nSPS) is 10.9. The molecule has 0 radical (unpaired) electrons. The van der Waals surface area contributed by atoms with E-state index in [4.69, 9.17) is 0 Å². The third-order valence-corrected chi connectivity index (χ3v) is 3.26. The molecule has 84 valence electrons. The molecule has 17 heavy (non-hydrogen) atoms. The van der Waals surface area contributed by atoms with Crippen molar-refractivity contribution in [2.45, 2.75) is 5.33 Å². The molecule has 0 spiro atoms. The van der Waals surface area contributed by atoms with Crippen LogP contribution in [0.1, 0.15) is 5.56 Å². The van der Waals surface area contributed by atoms with Crippen LogP contribution in [0.2, 0.25) is 0 Å². The maximum absolute atomic E-state index is 4.51. The summed E-state index contributed by atoms with van der Waals surface area (Å²) in [7, 11) is 0. The van der Waals surface area contributed by atoms with Gasteiger partial charge in [-0.15, -0.1) is 0 Å². The molecule has 0 amide bonds. The molecule has 0 aliphatic rings. The zero-order valence-corrected chi connectivity index (χ0v) is 10.6. The molecular weight excluding hydrogens is 278 g/mol. The van der Waals surface area contributed by atoms with Crippen molar-refractivity contribution in [3.05, 3.63) is 48.2 Å². The molecule has 0 saturated carbocycles. The van der Waals surface area contributed by atoms with Gasteiger partial charge in [0.05, 0.1) is 11.0 Å². The fourth-order valence-electron chi connectivity index (χ4n) is 1.72. The van der Waals surface area contributed by atoms with Gasteiger partial charge in [0.15, 0.2) is 5.82 Å². The Balaban J connectivity index is 2.07. The third-order valence-electron chi connectivity index (χ3n) is 2.61. The number of pyridine rings is 1. The summed E-state index contributed by atoms with van der Waals surface area (Å²) < 4.78 is 0. The number of alkyl halides is 1. The first-order valence-corrected chi connectivity index (χ1v) is 6.45. The Labute approximate surface area is 107 Å². The van der Waals surface area contributed by atoms with E-state index in [2.05, 4.69) is 30.9 Å². The molecule has 0 fully saturated rings. The van der Waals surface area contributed by atoms with Gasteiger partial charge >= 0.3 is 0 Å². The van der Waals surface area contributed by atoms with Crippen molar-refractivity contribution in [1.29, 1.82) is 0 Å². The quantitative estimate of drug-likeness (QED) is 0.733. The fraction of sp³-hybridized carbons (Fsp3) is 0.0769. The van der Waals surface area contributed by atoms with E-state index in [-0.39, 0.29) is 0 Å². The van der Waals surface area contributed by atoms with Crippen LogP contribution in [-0.2, 0) is 5.33 Å². The standard InChI is InChI=1S/C13H10BrN3/c14-7-9-5-6-12(15-8-9)13-16-10-3-1-2-4-11(10)17-13/h1-6,8H,7H2,(H,16,17). The monoisotopic (exact) mass is 287 g/mol. The Bertz CT molecular complexity index is 610. The Kier molecular flexibility index (Phi) is 2.65. The molecule has 1 aromatic carbocycles. The second-order valence-corrected chi connectivity index (χ2v) is 4.35. The van der Waals surface area contributed by atoms with E-state index < -0.39 is 0 Å². The van der Waals surface area contributed by atoms with Crippen molar-refractivity contribution in [1.82, 2.24) is 15.0 Å². The molecule has 0 unspecified atom stereocenters. The number of fused-ring (bicyclic) bond motifs is 1. The lowest BCUT2D eigenvalue weighted by Crippen LogP contribution is -1.87. The zero-order chi connectivity index (χ0) is 11.7. The number of rotatable bonds is 2. The Hall–Kier alpha value is -1.68. The number of benzene rings is 1. The summed E-state index contributed by atoms with van der Waals surface area (Å²) in [6.45, 7) is 0. The lowest BCUT2D eigenvalue weighted by Gasteiger charge is -1.97. The molecule has 0 saturated heterocycles. The van der Waals surface area contributed by atoms with Crippen LogP contribution in [0.3, 0.4) is 0 Å². The number of hydrogen-bond donors (Lipinski definition) is 1. The fourth-order valence-corrected chi connectivity index (χ4v) is 2.05. The van der Waals surface area contributed by atoms with Crippen molar-refractivity contribution in [3.8, 4) is 11.5 Å². The van der Waals surface area contributed by atoms with Gasteiger partial charge in [-0.05, 0) is 23.8 Å². The molecule has 0 aliphatic carbocycles. The van der Waals surface area contributed by atoms with Crippen LogP contribution in [0.25, 0.3) is 22.6 Å². The van der Waals surface area contributed by atoms with Crippen molar-refractivity contribution >= 4 is 27.0 Å². The van der Waals surface area contributed by atoms with E-state index >= 15 is 0 Å². The second kappa shape index (κ2) is 4.30. The topological polar surface area (TPSA) is 41.6 Å². The van der Waals surface area contributed by atoms with Gasteiger partial charge in [-0.3, -0.25) is 4.98 Å². The highest BCUT2D eigenvalue weighted by Crippen LogP contribution is 2.18. The van der Waals surface area contributed by atoms with Crippen molar-refractivity contribution in [2.75, 3.05) is 0 Å². The van der Waals surface area contributed by atoms with Crippen LogP contribution < -0.4 is 0 Å². The van der Waals surface area contributed by atoms with Crippen LogP contribution in [0.4, 0.5) is 0 Å². The molecular formula is C13H10BrN3. The summed E-state index contributed by atoms with van der Waals surface area (Å²) in [5, 5.41) is 0.820. The van der Waals surface area contributed by atoms with Crippen molar-refractivity contribution in [3.63, 3.8) is 0 Å². The largest absolute Gasteiger partial charge is 0.337 e. The first-order valence-electron chi connectivity index (χ1n) is 5.33. The lowest BCUT2D eigenvalue weighted by molar-refractivity contribution is 1.21. The minimum Gasteiger partial charge on any atom is -0.337 e. The highest BCUT2D eigenvalue weighted by Gasteiger charge is 2.05. The molecule has 3 aromatic rings. The third kappa shape index (κ3) is 1.96. The molecule has 2 aromatic heterocycles. The minimum atomic E-state index is 0.812. The van der Waals surface area contributed by atoms with E-state index in [0.717, 1.165) is 33.4 Å². The molecule has 3 nitrogen and oxygen atoms in total. The maximum atomic E-state index is 4.51. The summed E-state index contributed by atoms with van der Waals surface area (Å²) in [4.78, 5) is 12.2. The smallest absolute Gasteiger partial charge is 0.157 e. The molecule has 3 rings (SSSR count). The number of H-pyrrole nitrogens is 1. The van der Waals surface area contributed by atoms with Gasteiger partial charge in [0, 0.05) is 11.5 Å². The first kappa shape index (κ1) is 10.5. The molecule has 2 heterocycles. The van der Waals surface area contributed by atoms with Gasteiger partial charge in [-0.1, -0.05) is 34.1 Å². The van der Waals surface area contributed by atoms with Gasteiger partial charge in [0.1, 0.15) is 5.69 Å². The highest BCUT2D eigenvalue weighted by molar-refractivity contribution is 9.08. The van der Waals surface area contributed by atoms with Crippen molar-refractivity contribution in [2.24, 2.45) is 0 Å². The average molecular weight is 288 g/mol. The van der Waals surface area contributed by atoms with Crippen LogP contribution >= 0.6 is 15.9 Å². The summed E-state index contributed by atoms with van der Waals surface area (Å²) in [5.41, 5.74) is 4.03. The average Bonchev–Trinajstić information content (AvgIpc) is 2.82. The number of para-hydroxylation sites is 2. The number of imidazole rings is 1. The Morgan fingerprint density at radius 1 is 1.12 bits per heavy atom. The SMILES string of the molecule is BrCc1ccc(-c2nc3ccccc3[nH]2)nc1. The van der Waals surface area contributed by atoms with Gasteiger partial charge in [0.25, 0.3) is 0 Å². The van der Waals surface area contributed by atoms with E-state index in [1.165, 1.54) is 0 Å².